The minimum absolute atomic E-state index is 0.0913. The molecule has 0 aliphatic carbocycles. The first kappa shape index (κ1) is 21.8. The lowest BCUT2D eigenvalue weighted by Gasteiger charge is -2.34. The van der Waals surface area contributed by atoms with Crippen LogP contribution in [0.1, 0.15) is 55.9 Å². The fraction of sp³-hybridized carbons (Fsp3) is 0.462. The highest BCUT2D eigenvalue weighted by Gasteiger charge is 2.42. The summed E-state index contributed by atoms with van der Waals surface area (Å²) < 4.78 is 0. The number of imide groups is 1. The Morgan fingerprint density at radius 3 is 2.39 bits per heavy atom. The van der Waals surface area contributed by atoms with E-state index in [1.54, 1.807) is 11.3 Å². The second-order valence-electron chi connectivity index (χ2n) is 8.64. The molecule has 2 aromatic rings. The van der Waals surface area contributed by atoms with E-state index in [1.807, 2.05) is 17.5 Å². The standard InChI is InChI=1S/C26H32N2O2S/c1-2-3-4-8-15-28-25(29)23(22-12-9-18-31-22)24(26(28)30)27-16-13-21(14-17-27)19-20-10-6-5-7-11-20/h5-7,9-12,18,21H,2-4,8,13-17,19H2,1H3. The molecule has 1 fully saturated rings. The predicted molar refractivity (Wildman–Crippen MR) is 127 cm³/mol. The number of piperidine rings is 1. The van der Waals surface area contributed by atoms with E-state index in [0.717, 1.165) is 62.9 Å². The van der Waals surface area contributed by atoms with Crippen molar-refractivity contribution in [3.63, 3.8) is 0 Å². The van der Waals surface area contributed by atoms with E-state index >= 15 is 0 Å². The quantitative estimate of drug-likeness (QED) is 0.392. The Morgan fingerprint density at radius 2 is 1.71 bits per heavy atom. The van der Waals surface area contributed by atoms with Gasteiger partial charge in [-0.15, -0.1) is 11.3 Å². The molecule has 0 N–H and O–H groups in total. The third kappa shape index (κ3) is 4.93. The molecule has 2 aliphatic rings. The molecular formula is C26H32N2O2S. The summed E-state index contributed by atoms with van der Waals surface area (Å²) in [6.07, 6.45) is 7.41. The van der Waals surface area contributed by atoms with Gasteiger partial charge in [-0.2, -0.15) is 0 Å². The Bertz CT molecular complexity index is 912. The first-order valence-corrected chi connectivity index (χ1v) is 12.5. The second kappa shape index (κ2) is 10.3. The molecule has 3 heterocycles. The lowest BCUT2D eigenvalue weighted by atomic mass is 9.90. The van der Waals surface area contributed by atoms with E-state index in [2.05, 4.69) is 42.2 Å². The van der Waals surface area contributed by atoms with Gasteiger partial charge >= 0.3 is 0 Å². The lowest BCUT2D eigenvalue weighted by molar-refractivity contribution is -0.137. The SMILES string of the molecule is CCCCCCN1C(=O)C(c2cccs2)=C(N2CCC(Cc3ccccc3)CC2)C1=O. The summed E-state index contributed by atoms with van der Waals surface area (Å²) in [7, 11) is 0. The number of benzene rings is 1. The van der Waals surface area contributed by atoms with E-state index in [9.17, 15) is 9.59 Å². The fourth-order valence-electron chi connectivity index (χ4n) is 4.71. The van der Waals surface area contributed by atoms with Crippen molar-refractivity contribution in [2.24, 2.45) is 5.92 Å². The number of thiophene rings is 1. The van der Waals surface area contributed by atoms with Crippen molar-refractivity contribution in [2.75, 3.05) is 19.6 Å². The summed E-state index contributed by atoms with van der Waals surface area (Å²) in [6.45, 7) is 4.37. The molecule has 164 valence electrons. The van der Waals surface area contributed by atoms with Gasteiger partial charge in [-0.3, -0.25) is 14.5 Å². The molecule has 0 atom stereocenters. The van der Waals surface area contributed by atoms with Gasteiger partial charge in [0.05, 0.1) is 5.57 Å². The average Bonchev–Trinajstić information content (AvgIpc) is 3.40. The Morgan fingerprint density at radius 1 is 0.935 bits per heavy atom. The Kier molecular flexibility index (Phi) is 7.23. The van der Waals surface area contributed by atoms with Crippen molar-refractivity contribution < 1.29 is 9.59 Å². The van der Waals surface area contributed by atoms with Gasteiger partial charge in [0.25, 0.3) is 11.8 Å². The molecule has 0 unspecified atom stereocenters. The number of amides is 2. The molecule has 0 bridgehead atoms. The Labute approximate surface area is 189 Å². The largest absolute Gasteiger partial charge is 0.366 e. The van der Waals surface area contributed by atoms with E-state index in [4.69, 9.17) is 0 Å². The van der Waals surface area contributed by atoms with Crippen LogP contribution in [0.15, 0.2) is 53.5 Å². The maximum Gasteiger partial charge on any atom is 0.277 e. The number of rotatable bonds is 9. The normalized spacial score (nSPS) is 17.8. The maximum atomic E-state index is 13.4. The van der Waals surface area contributed by atoms with Gasteiger partial charge in [-0.25, -0.2) is 0 Å². The average molecular weight is 437 g/mol. The van der Waals surface area contributed by atoms with Gasteiger partial charge in [-0.1, -0.05) is 62.6 Å². The van der Waals surface area contributed by atoms with Crippen LogP contribution in [0.4, 0.5) is 0 Å². The molecule has 4 rings (SSSR count). The number of nitrogens with zero attached hydrogens (tertiary/aromatic N) is 2. The van der Waals surface area contributed by atoms with Gasteiger partial charge in [0.15, 0.2) is 0 Å². The highest BCUT2D eigenvalue weighted by Crippen LogP contribution is 2.36. The zero-order valence-electron chi connectivity index (χ0n) is 18.4. The third-order valence-corrected chi connectivity index (χ3v) is 7.33. The first-order valence-electron chi connectivity index (χ1n) is 11.6. The summed E-state index contributed by atoms with van der Waals surface area (Å²) in [6, 6.07) is 14.6. The zero-order valence-corrected chi connectivity index (χ0v) is 19.2. The number of carbonyl (C=O) groups is 2. The minimum Gasteiger partial charge on any atom is -0.366 e. The molecule has 4 nitrogen and oxygen atoms in total. The number of likely N-dealkylation sites (tertiary alicyclic amines) is 1. The van der Waals surface area contributed by atoms with Crippen molar-refractivity contribution in [1.29, 1.82) is 0 Å². The third-order valence-electron chi connectivity index (χ3n) is 6.44. The smallest absolute Gasteiger partial charge is 0.277 e. The van der Waals surface area contributed by atoms with Crippen LogP contribution in [0.5, 0.6) is 0 Å². The van der Waals surface area contributed by atoms with Crippen LogP contribution >= 0.6 is 11.3 Å². The fourth-order valence-corrected chi connectivity index (χ4v) is 5.47. The molecule has 0 saturated carbocycles. The van der Waals surface area contributed by atoms with Crippen molar-refractivity contribution in [3.8, 4) is 0 Å². The molecule has 2 amide bonds. The molecule has 5 heteroatoms. The van der Waals surface area contributed by atoms with Gasteiger partial charge < -0.3 is 4.90 Å². The molecule has 2 aliphatic heterocycles. The highest BCUT2D eigenvalue weighted by atomic mass is 32.1. The number of hydrogen-bond acceptors (Lipinski definition) is 4. The summed E-state index contributed by atoms with van der Waals surface area (Å²) >= 11 is 1.55. The van der Waals surface area contributed by atoms with Crippen molar-refractivity contribution >= 4 is 28.7 Å². The van der Waals surface area contributed by atoms with Crippen LogP contribution in [0.2, 0.25) is 0 Å². The molecule has 1 aromatic carbocycles. The van der Waals surface area contributed by atoms with Gasteiger partial charge in [0, 0.05) is 24.5 Å². The van der Waals surface area contributed by atoms with Crippen LogP contribution in [-0.2, 0) is 16.0 Å². The van der Waals surface area contributed by atoms with Crippen molar-refractivity contribution in [2.45, 2.75) is 51.9 Å². The van der Waals surface area contributed by atoms with Gasteiger partial charge in [-0.05, 0) is 48.6 Å². The van der Waals surface area contributed by atoms with Crippen LogP contribution in [0.25, 0.3) is 5.57 Å². The topological polar surface area (TPSA) is 40.6 Å². The maximum absolute atomic E-state index is 13.4. The van der Waals surface area contributed by atoms with Crippen LogP contribution in [0, 0.1) is 5.92 Å². The number of hydrogen-bond donors (Lipinski definition) is 0. The zero-order chi connectivity index (χ0) is 21.6. The number of carbonyl (C=O) groups excluding carboxylic acids is 2. The minimum atomic E-state index is -0.106. The Hall–Kier alpha value is -2.40. The van der Waals surface area contributed by atoms with E-state index in [1.165, 1.54) is 10.5 Å². The monoisotopic (exact) mass is 436 g/mol. The Balaban J connectivity index is 1.48. The van der Waals surface area contributed by atoms with E-state index < -0.39 is 0 Å². The summed E-state index contributed by atoms with van der Waals surface area (Å²) in [5, 5.41) is 1.98. The molecular weight excluding hydrogens is 404 g/mol. The van der Waals surface area contributed by atoms with E-state index in [-0.39, 0.29) is 11.8 Å². The molecule has 0 spiro atoms. The number of unbranched alkanes of at least 4 members (excludes halogenated alkanes) is 3. The van der Waals surface area contributed by atoms with Crippen molar-refractivity contribution in [3.05, 3.63) is 64.0 Å². The lowest BCUT2D eigenvalue weighted by Crippen LogP contribution is -2.39. The summed E-state index contributed by atoms with van der Waals surface area (Å²) in [5.74, 6) is 0.429. The van der Waals surface area contributed by atoms with Gasteiger partial charge in [0.2, 0.25) is 0 Å². The summed E-state index contributed by atoms with van der Waals surface area (Å²) in [5.41, 5.74) is 2.64. The highest BCUT2D eigenvalue weighted by molar-refractivity contribution is 7.11. The molecule has 0 radical (unpaired) electrons. The molecule has 1 saturated heterocycles. The van der Waals surface area contributed by atoms with Crippen LogP contribution < -0.4 is 0 Å². The second-order valence-corrected chi connectivity index (χ2v) is 9.59. The van der Waals surface area contributed by atoms with Gasteiger partial charge in [0.1, 0.15) is 5.70 Å². The van der Waals surface area contributed by atoms with Crippen LogP contribution in [0.3, 0.4) is 0 Å². The van der Waals surface area contributed by atoms with Crippen LogP contribution in [-0.4, -0.2) is 41.2 Å². The van der Waals surface area contributed by atoms with Crippen molar-refractivity contribution in [1.82, 2.24) is 9.80 Å². The van der Waals surface area contributed by atoms with E-state index in [0.29, 0.717) is 23.7 Å². The predicted octanol–water partition coefficient (Wildman–Crippen LogP) is 5.36. The molecule has 1 aromatic heterocycles. The summed E-state index contributed by atoms with van der Waals surface area (Å²) in [4.78, 5) is 31.2. The molecule has 31 heavy (non-hydrogen) atoms. The first-order chi connectivity index (χ1) is 15.2.